The highest BCUT2D eigenvalue weighted by molar-refractivity contribution is 5.89. The van der Waals surface area contributed by atoms with Crippen LogP contribution < -0.4 is 0 Å². The normalized spacial score (nSPS) is 16.7. The number of hydrogen-bond acceptors (Lipinski definition) is 2. The summed E-state index contributed by atoms with van der Waals surface area (Å²) in [5, 5.41) is 9.07. The topological polar surface area (TPSA) is 50.4 Å². The van der Waals surface area contributed by atoms with Gasteiger partial charge in [0.25, 0.3) is 0 Å². The third-order valence-corrected chi connectivity index (χ3v) is 3.06. The van der Waals surface area contributed by atoms with Crippen molar-refractivity contribution in [2.45, 2.75) is 44.9 Å². The summed E-state index contributed by atoms with van der Waals surface area (Å²) in [5.74, 6) is 1.19. The number of carboxylic acids is 1. The van der Waals surface area contributed by atoms with Gasteiger partial charge in [-0.15, -0.1) is 0 Å². The highest BCUT2D eigenvalue weighted by Crippen LogP contribution is 2.40. The lowest BCUT2D eigenvalue weighted by Crippen LogP contribution is -2.11. The van der Waals surface area contributed by atoms with Crippen molar-refractivity contribution in [1.29, 1.82) is 0 Å². The maximum atomic E-state index is 11.0. The Hall–Kier alpha value is -1.25. The Morgan fingerprint density at radius 3 is 2.60 bits per heavy atom. The van der Waals surface area contributed by atoms with Gasteiger partial charge >= 0.3 is 5.97 Å². The molecule has 0 atom stereocenters. The molecule has 3 nitrogen and oxygen atoms in total. The molecular weight excluding hydrogens is 192 g/mol. The molecular formula is C12H16O3. The van der Waals surface area contributed by atoms with Crippen molar-refractivity contribution in [3.8, 4) is 0 Å². The first-order chi connectivity index (χ1) is 7.09. The summed E-state index contributed by atoms with van der Waals surface area (Å²) in [7, 11) is 0. The largest absolute Gasteiger partial charge is 0.478 e. The minimum Gasteiger partial charge on any atom is -0.478 e. The molecule has 1 aromatic heterocycles. The number of hydrogen-bond donors (Lipinski definition) is 1. The minimum atomic E-state index is -0.868. The van der Waals surface area contributed by atoms with Gasteiger partial charge in [0, 0.05) is 11.8 Å². The van der Waals surface area contributed by atoms with Crippen LogP contribution in [0.3, 0.4) is 0 Å². The van der Waals surface area contributed by atoms with Gasteiger partial charge in [0.1, 0.15) is 17.1 Å². The van der Waals surface area contributed by atoms with E-state index < -0.39 is 5.97 Å². The zero-order valence-corrected chi connectivity index (χ0v) is 9.12. The summed E-state index contributed by atoms with van der Waals surface area (Å²) >= 11 is 0. The van der Waals surface area contributed by atoms with E-state index >= 15 is 0 Å². The van der Waals surface area contributed by atoms with Crippen molar-refractivity contribution in [3.63, 3.8) is 0 Å². The van der Waals surface area contributed by atoms with E-state index in [-0.39, 0.29) is 5.92 Å². The smallest absolute Gasteiger partial charge is 0.339 e. The second-order valence-corrected chi connectivity index (χ2v) is 4.51. The lowest BCUT2D eigenvalue weighted by atomic mass is 9.82. The summed E-state index contributed by atoms with van der Waals surface area (Å²) in [6.07, 6.45) is 3.30. The zero-order chi connectivity index (χ0) is 11.0. The number of furan rings is 1. The standard InChI is InChI=1S/C12H16O3/c1-7(2)10-6-9(12(13)14)11(15-10)8-4-3-5-8/h6-8H,3-5H2,1-2H3,(H,13,14). The van der Waals surface area contributed by atoms with Crippen molar-refractivity contribution < 1.29 is 14.3 Å². The van der Waals surface area contributed by atoms with Gasteiger partial charge in [-0.1, -0.05) is 20.3 Å². The van der Waals surface area contributed by atoms with E-state index in [4.69, 9.17) is 9.52 Å². The molecule has 15 heavy (non-hydrogen) atoms. The van der Waals surface area contributed by atoms with Crippen LogP contribution in [0.15, 0.2) is 10.5 Å². The molecule has 82 valence electrons. The molecule has 0 saturated heterocycles. The molecule has 1 heterocycles. The molecule has 2 rings (SSSR count). The number of aromatic carboxylic acids is 1. The predicted octanol–water partition coefficient (Wildman–Crippen LogP) is 3.37. The van der Waals surface area contributed by atoms with Gasteiger partial charge in [-0.25, -0.2) is 4.79 Å². The van der Waals surface area contributed by atoms with Gasteiger partial charge in [0.15, 0.2) is 0 Å². The molecule has 1 aliphatic rings. The first-order valence-electron chi connectivity index (χ1n) is 5.46. The molecule has 0 radical (unpaired) electrons. The van der Waals surface area contributed by atoms with Crippen LogP contribution in [-0.2, 0) is 0 Å². The molecule has 1 aromatic rings. The summed E-state index contributed by atoms with van der Waals surface area (Å²) in [6, 6.07) is 1.68. The quantitative estimate of drug-likeness (QED) is 0.828. The third-order valence-electron chi connectivity index (χ3n) is 3.06. The molecule has 3 heteroatoms. The lowest BCUT2D eigenvalue weighted by molar-refractivity contribution is 0.0692. The van der Waals surface area contributed by atoms with Crippen LogP contribution in [0.5, 0.6) is 0 Å². The summed E-state index contributed by atoms with van der Waals surface area (Å²) in [5.41, 5.74) is 0.364. The predicted molar refractivity (Wildman–Crippen MR) is 56.3 cm³/mol. The van der Waals surface area contributed by atoms with Crippen LogP contribution in [-0.4, -0.2) is 11.1 Å². The fraction of sp³-hybridized carbons (Fsp3) is 0.583. The SMILES string of the molecule is CC(C)c1cc(C(=O)O)c(C2CCC2)o1. The average Bonchev–Trinajstić information content (AvgIpc) is 2.45. The minimum absolute atomic E-state index is 0.247. The Morgan fingerprint density at radius 2 is 2.20 bits per heavy atom. The molecule has 0 aliphatic heterocycles. The van der Waals surface area contributed by atoms with E-state index in [9.17, 15) is 4.79 Å². The summed E-state index contributed by atoms with van der Waals surface area (Å²) in [4.78, 5) is 11.0. The van der Waals surface area contributed by atoms with Crippen molar-refractivity contribution in [3.05, 3.63) is 23.2 Å². The Morgan fingerprint density at radius 1 is 1.53 bits per heavy atom. The highest BCUT2D eigenvalue weighted by Gasteiger charge is 2.29. The van der Waals surface area contributed by atoms with Crippen molar-refractivity contribution >= 4 is 5.97 Å². The Kier molecular flexibility index (Phi) is 2.55. The monoisotopic (exact) mass is 208 g/mol. The number of rotatable bonds is 3. The van der Waals surface area contributed by atoms with Gasteiger partial charge < -0.3 is 9.52 Å². The van der Waals surface area contributed by atoms with Crippen LogP contribution in [0.2, 0.25) is 0 Å². The van der Waals surface area contributed by atoms with Crippen LogP contribution >= 0.6 is 0 Å². The molecule has 1 aliphatic carbocycles. The van der Waals surface area contributed by atoms with E-state index in [2.05, 4.69) is 0 Å². The van der Waals surface area contributed by atoms with E-state index in [1.165, 1.54) is 6.42 Å². The van der Waals surface area contributed by atoms with Crippen LogP contribution in [0.4, 0.5) is 0 Å². The summed E-state index contributed by atoms with van der Waals surface area (Å²) in [6.45, 7) is 4.02. The zero-order valence-electron chi connectivity index (χ0n) is 9.12. The van der Waals surface area contributed by atoms with Crippen molar-refractivity contribution in [2.24, 2.45) is 0 Å². The first kappa shape index (κ1) is 10.3. The van der Waals surface area contributed by atoms with Gasteiger partial charge in [0.05, 0.1) is 0 Å². The second-order valence-electron chi connectivity index (χ2n) is 4.51. The van der Waals surface area contributed by atoms with Crippen molar-refractivity contribution in [2.75, 3.05) is 0 Å². The van der Waals surface area contributed by atoms with Gasteiger partial charge in [-0.05, 0) is 18.9 Å². The fourth-order valence-corrected chi connectivity index (χ4v) is 1.85. The molecule has 0 aromatic carbocycles. The second kappa shape index (κ2) is 3.72. The van der Waals surface area contributed by atoms with E-state index in [0.29, 0.717) is 17.2 Å². The molecule has 1 fully saturated rings. The number of carboxylic acid groups (broad SMARTS) is 1. The first-order valence-corrected chi connectivity index (χ1v) is 5.46. The molecule has 1 N–H and O–H groups in total. The molecule has 0 spiro atoms. The fourth-order valence-electron chi connectivity index (χ4n) is 1.85. The average molecular weight is 208 g/mol. The molecule has 0 unspecified atom stereocenters. The maximum Gasteiger partial charge on any atom is 0.339 e. The van der Waals surface area contributed by atoms with E-state index in [1.807, 2.05) is 13.8 Å². The maximum absolute atomic E-state index is 11.0. The van der Waals surface area contributed by atoms with E-state index in [1.54, 1.807) is 6.07 Å². The van der Waals surface area contributed by atoms with E-state index in [0.717, 1.165) is 18.6 Å². The van der Waals surface area contributed by atoms with Crippen LogP contribution in [0.25, 0.3) is 0 Å². The molecule has 0 amide bonds. The Bertz CT molecular complexity index is 372. The van der Waals surface area contributed by atoms with Crippen LogP contribution in [0.1, 0.15) is 66.8 Å². The van der Waals surface area contributed by atoms with Crippen LogP contribution in [0, 0.1) is 0 Å². The highest BCUT2D eigenvalue weighted by atomic mass is 16.4. The Balaban J connectivity index is 2.36. The molecule has 0 bridgehead atoms. The van der Waals surface area contributed by atoms with Gasteiger partial charge in [0.2, 0.25) is 0 Å². The lowest BCUT2D eigenvalue weighted by Gasteiger charge is -2.23. The van der Waals surface area contributed by atoms with Gasteiger partial charge in [-0.3, -0.25) is 0 Å². The van der Waals surface area contributed by atoms with Gasteiger partial charge in [-0.2, -0.15) is 0 Å². The Labute approximate surface area is 89.1 Å². The number of carbonyl (C=O) groups is 1. The van der Waals surface area contributed by atoms with Crippen molar-refractivity contribution in [1.82, 2.24) is 0 Å². The molecule has 1 saturated carbocycles. The third kappa shape index (κ3) is 1.78. The summed E-state index contributed by atoms with van der Waals surface area (Å²) < 4.78 is 5.66.